The van der Waals surface area contributed by atoms with Crippen LogP contribution in [-0.2, 0) is 4.74 Å². The van der Waals surface area contributed by atoms with Crippen LogP contribution in [0.2, 0.25) is 5.02 Å². The van der Waals surface area contributed by atoms with Gasteiger partial charge in [0.1, 0.15) is 12.4 Å². The topological polar surface area (TPSA) is 76.7 Å². The van der Waals surface area contributed by atoms with Crippen LogP contribution in [-0.4, -0.2) is 32.1 Å². The van der Waals surface area contributed by atoms with Gasteiger partial charge in [-0.1, -0.05) is 23.7 Å². The van der Waals surface area contributed by atoms with Gasteiger partial charge in [-0.3, -0.25) is 9.59 Å². The van der Waals surface area contributed by atoms with Gasteiger partial charge >= 0.3 is 0 Å². The second-order valence-electron chi connectivity index (χ2n) is 6.37. The number of ether oxygens (including phenoxy) is 2. The summed E-state index contributed by atoms with van der Waals surface area (Å²) in [4.78, 5) is 25.0. The number of hydrogen-bond acceptors (Lipinski definition) is 4. The first kappa shape index (κ1) is 21.4. The molecule has 0 aromatic heterocycles. The van der Waals surface area contributed by atoms with E-state index in [1.54, 1.807) is 79.9 Å². The fraction of sp³-hybridized carbons (Fsp3) is 0.130. The zero-order valence-corrected chi connectivity index (χ0v) is 17.1. The van der Waals surface area contributed by atoms with Crippen LogP contribution in [0.4, 0.5) is 11.4 Å². The zero-order chi connectivity index (χ0) is 21.3. The van der Waals surface area contributed by atoms with E-state index in [0.717, 1.165) is 0 Å². The minimum atomic E-state index is -0.300. The number of benzene rings is 3. The maximum Gasteiger partial charge on any atom is 0.255 e. The lowest BCUT2D eigenvalue weighted by atomic mass is 10.1. The average molecular weight is 425 g/mol. The van der Waals surface area contributed by atoms with Gasteiger partial charge in [0, 0.05) is 34.6 Å². The lowest BCUT2D eigenvalue weighted by Gasteiger charge is -2.10. The van der Waals surface area contributed by atoms with Gasteiger partial charge < -0.3 is 20.1 Å². The fourth-order valence-electron chi connectivity index (χ4n) is 2.66. The van der Waals surface area contributed by atoms with Crippen molar-refractivity contribution in [1.29, 1.82) is 0 Å². The normalized spacial score (nSPS) is 10.3. The molecule has 0 atom stereocenters. The largest absolute Gasteiger partial charge is 0.491 e. The molecule has 30 heavy (non-hydrogen) atoms. The van der Waals surface area contributed by atoms with Crippen molar-refractivity contribution in [2.45, 2.75) is 0 Å². The molecule has 0 aliphatic rings. The van der Waals surface area contributed by atoms with Crippen molar-refractivity contribution < 1.29 is 19.1 Å². The molecule has 6 nitrogen and oxygen atoms in total. The molecule has 2 amide bonds. The molecule has 0 aliphatic carbocycles. The summed E-state index contributed by atoms with van der Waals surface area (Å²) in [5.74, 6) is 0.0695. The number of halogens is 1. The maximum atomic E-state index is 12.5. The summed E-state index contributed by atoms with van der Waals surface area (Å²) in [6, 6.07) is 20.4. The second-order valence-corrected chi connectivity index (χ2v) is 6.80. The van der Waals surface area contributed by atoms with Crippen molar-refractivity contribution in [3.05, 3.63) is 88.9 Å². The Morgan fingerprint density at radius 3 is 2.10 bits per heavy atom. The van der Waals surface area contributed by atoms with E-state index in [0.29, 0.717) is 46.5 Å². The molecule has 0 aliphatic heterocycles. The molecule has 2 N–H and O–H groups in total. The number of carbonyl (C=O) groups is 2. The van der Waals surface area contributed by atoms with Gasteiger partial charge in [0.05, 0.1) is 6.61 Å². The number of rotatable bonds is 8. The van der Waals surface area contributed by atoms with E-state index in [1.165, 1.54) is 0 Å². The second kappa shape index (κ2) is 10.4. The van der Waals surface area contributed by atoms with Crippen LogP contribution < -0.4 is 15.4 Å². The van der Waals surface area contributed by atoms with Gasteiger partial charge in [0.2, 0.25) is 0 Å². The van der Waals surface area contributed by atoms with E-state index in [-0.39, 0.29) is 11.8 Å². The summed E-state index contributed by atoms with van der Waals surface area (Å²) in [5, 5.41) is 6.11. The van der Waals surface area contributed by atoms with E-state index >= 15 is 0 Å². The van der Waals surface area contributed by atoms with Crippen LogP contribution in [0.1, 0.15) is 20.7 Å². The molecule has 0 spiro atoms. The average Bonchev–Trinajstić information content (AvgIpc) is 2.74. The summed E-state index contributed by atoms with van der Waals surface area (Å²) in [7, 11) is 1.60. The van der Waals surface area contributed by atoms with Crippen LogP contribution in [0.25, 0.3) is 0 Å². The first-order chi connectivity index (χ1) is 14.5. The minimum absolute atomic E-state index is 0.286. The van der Waals surface area contributed by atoms with Crippen LogP contribution in [0.3, 0.4) is 0 Å². The number of nitrogens with one attached hydrogen (secondary N) is 2. The monoisotopic (exact) mass is 424 g/mol. The fourth-order valence-corrected chi connectivity index (χ4v) is 2.85. The molecule has 0 saturated carbocycles. The third-order valence-electron chi connectivity index (χ3n) is 4.14. The molecule has 3 aromatic carbocycles. The van der Waals surface area contributed by atoms with Gasteiger partial charge in [0.25, 0.3) is 11.8 Å². The molecule has 0 bridgehead atoms. The molecule has 0 saturated heterocycles. The minimum Gasteiger partial charge on any atom is -0.491 e. The summed E-state index contributed by atoms with van der Waals surface area (Å²) in [6.45, 7) is 0.926. The van der Waals surface area contributed by atoms with Gasteiger partial charge in [-0.15, -0.1) is 0 Å². The summed E-state index contributed by atoms with van der Waals surface area (Å²) in [6.07, 6.45) is 0. The van der Waals surface area contributed by atoms with E-state index < -0.39 is 0 Å². The number of methoxy groups -OCH3 is 1. The Balaban J connectivity index is 1.63. The zero-order valence-electron chi connectivity index (χ0n) is 16.4. The molecule has 0 heterocycles. The molecule has 3 rings (SSSR count). The van der Waals surface area contributed by atoms with Crippen molar-refractivity contribution in [3.8, 4) is 5.75 Å². The van der Waals surface area contributed by atoms with E-state index in [2.05, 4.69) is 10.6 Å². The highest BCUT2D eigenvalue weighted by molar-refractivity contribution is 6.31. The van der Waals surface area contributed by atoms with Crippen LogP contribution in [0.15, 0.2) is 72.8 Å². The number of amides is 2. The highest BCUT2D eigenvalue weighted by Crippen LogP contribution is 2.18. The Labute approximate surface area is 179 Å². The number of carbonyl (C=O) groups excluding carboxylic acids is 2. The Morgan fingerprint density at radius 1 is 0.800 bits per heavy atom. The molecule has 0 fully saturated rings. The van der Waals surface area contributed by atoms with Crippen molar-refractivity contribution in [1.82, 2.24) is 0 Å². The van der Waals surface area contributed by atoms with Crippen molar-refractivity contribution in [2.24, 2.45) is 0 Å². The van der Waals surface area contributed by atoms with Gasteiger partial charge in [-0.2, -0.15) is 0 Å². The molecular weight excluding hydrogens is 404 g/mol. The van der Waals surface area contributed by atoms with Crippen molar-refractivity contribution in [2.75, 3.05) is 31.0 Å². The first-order valence-corrected chi connectivity index (χ1v) is 9.63. The highest BCUT2D eigenvalue weighted by Gasteiger charge is 2.10. The third kappa shape index (κ3) is 6.07. The Bertz CT molecular complexity index is 1020. The number of hydrogen-bond donors (Lipinski definition) is 2. The Kier molecular flexibility index (Phi) is 7.43. The van der Waals surface area contributed by atoms with Gasteiger partial charge in [-0.25, -0.2) is 0 Å². The SMILES string of the molecule is COCCOc1ccc(C(=O)Nc2cccc(C(=O)Nc3cccc(Cl)c3)c2)cc1. The Morgan fingerprint density at radius 2 is 1.43 bits per heavy atom. The molecule has 154 valence electrons. The molecular formula is C23H21ClN2O4. The Hall–Kier alpha value is -3.35. The molecule has 0 unspecified atom stereocenters. The van der Waals surface area contributed by atoms with Crippen LogP contribution in [0.5, 0.6) is 5.75 Å². The first-order valence-electron chi connectivity index (χ1n) is 9.25. The van der Waals surface area contributed by atoms with Crippen LogP contribution in [0, 0.1) is 0 Å². The molecule has 3 aromatic rings. The van der Waals surface area contributed by atoms with E-state index in [4.69, 9.17) is 21.1 Å². The smallest absolute Gasteiger partial charge is 0.255 e. The standard InChI is InChI=1S/C23H21ClN2O4/c1-29-12-13-30-21-10-8-16(9-11-21)22(27)25-19-6-2-4-17(14-19)23(28)26-20-7-3-5-18(24)15-20/h2-11,14-15H,12-13H2,1H3,(H,25,27)(H,26,28). The van der Waals surface area contributed by atoms with E-state index in [1.807, 2.05) is 0 Å². The molecule has 0 radical (unpaired) electrons. The van der Waals surface area contributed by atoms with Gasteiger partial charge in [0.15, 0.2) is 0 Å². The van der Waals surface area contributed by atoms with E-state index in [9.17, 15) is 9.59 Å². The highest BCUT2D eigenvalue weighted by atomic mass is 35.5. The third-order valence-corrected chi connectivity index (χ3v) is 4.37. The quantitative estimate of drug-likeness (QED) is 0.506. The van der Waals surface area contributed by atoms with Gasteiger partial charge in [-0.05, 0) is 60.7 Å². The van der Waals surface area contributed by atoms with Crippen molar-refractivity contribution >= 4 is 34.8 Å². The predicted molar refractivity (Wildman–Crippen MR) is 118 cm³/mol. The predicted octanol–water partition coefficient (Wildman–Crippen LogP) is 4.87. The molecule has 7 heteroatoms. The number of anilines is 2. The lowest BCUT2D eigenvalue weighted by molar-refractivity contribution is 0.101. The van der Waals surface area contributed by atoms with Crippen LogP contribution >= 0.6 is 11.6 Å². The summed E-state index contributed by atoms with van der Waals surface area (Å²) < 4.78 is 10.4. The summed E-state index contributed by atoms with van der Waals surface area (Å²) in [5.41, 5.74) is 1.99. The van der Waals surface area contributed by atoms with Crippen molar-refractivity contribution in [3.63, 3.8) is 0 Å². The maximum absolute atomic E-state index is 12.5. The lowest BCUT2D eigenvalue weighted by Crippen LogP contribution is -2.14. The summed E-state index contributed by atoms with van der Waals surface area (Å²) >= 11 is 5.94.